The van der Waals surface area contributed by atoms with E-state index in [-0.39, 0.29) is 0 Å². The Hall–Kier alpha value is -1.63. The number of sulfonamides is 1. The molecule has 1 saturated heterocycles. The minimum Gasteiger partial charge on any atom is -0.494 e. The summed E-state index contributed by atoms with van der Waals surface area (Å²) in [6.07, 6.45) is 0.959. The third-order valence-electron chi connectivity index (χ3n) is 4.36. The first-order chi connectivity index (χ1) is 11.5. The van der Waals surface area contributed by atoms with Crippen molar-refractivity contribution in [3.8, 4) is 5.75 Å². The molecule has 1 aliphatic rings. The highest BCUT2D eigenvalue weighted by molar-refractivity contribution is 7.89. The molecule has 1 aliphatic heterocycles. The lowest BCUT2D eigenvalue weighted by Crippen LogP contribution is -2.46. The van der Waals surface area contributed by atoms with E-state index in [1.54, 1.807) is 16.4 Å². The Balaban J connectivity index is 1.87. The Morgan fingerprint density at radius 3 is 2.38 bits per heavy atom. The predicted octanol–water partition coefficient (Wildman–Crippen LogP) is 2.56. The second kappa shape index (κ2) is 7.09. The summed E-state index contributed by atoms with van der Waals surface area (Å²) in [6, 6.07) is 11.1. The van der Waals surface area contributed by atoms with Gasteiger partial charge in [0.25, 0.3) is 0 Å². The summed E-state index contributed by atoms with van der Waals surface area (Å²) in [5.74, 6) is 0.819. The largest absolute Gasteiger partial charge is 0.494 e. The highest BCUT2D eigenvalue weighted by Gasteiger charge is 2.27. The number of ether oxygens (including phenoxy) is 1. The van der Waals surface area contributed by atoms with Crippen molar-refractivity contribution in [2.75, 3.05) is 39.8 Å². The fourth-order valence-corrected chi connectivity index (χ4v) is 4.31. The maximum absolute atomic E-state index is 12.8. The Labute approximate surface area is 143 Å². The van der Waals surface area contributed by atoms with Crippen LogP contribution in [0, 0.1) is 0 Å². The van der Waals surface area contributed by atoms with Crippen LogP contribution in [0.1, 0.15) is 13.3 Å². The van der Waals surface area contributed by atoms with Crippen LogP contribution in [-0.2, 0) is 10.0 Å². The Morgan fingerprint density at radius 2 is 1.67 bits per heavy atom. The monoisotopic (exact) mass is 348 g/mol. The van der Waals surface area contributed by atoms with Gasteiger partial charge in [0.15, 0.2) is 0 Å². The zero-order valence-corrected chi connectivity index (χ0v) is 15.1. The smallest absolute Gasteiger partial charge is 0.243 e. The molecule has 0 radical (unpaired) electrons. The number of rotatable bonds is 5. The highest BCUT2D eigenvalue weighted by Crippen LogP contribution is 2.26. The number of fused-ring (bicyclic) bond motifs is 1. The van der Waals surface area contributed by atoms with Gasteiger partial charge in [-0.1, -0.05) is 19.1 Å². The summed E-state index contributed by atoms with van der Waals surface area (Å²) in [5, 5.41) is 1.90. The van der Waals surface area contributed by atoms with Gasteiger partial charge < -0.3 is 9.64 Å². The van der Waals surface area contributed by atoms with Crippen molar-refractivity contribution >= 4 is 20.8 Å². The van der Waals surface area contributed by atoms with Crippen LogP contribution < -0.4 is 4.74 Å². The number of benzene rings is 2. The van der Waals surface area contributed by atoms with Crippen LogP contribution in [0.3, 0.4) is 0 Å². The topological polar surface area (TPSA) is 49.9 Å². The van der Waals surface area contributed by atoms with Crippen LogP contribution in [0.25, 0.3) is 10.8 Å². The molecular formula is C18H24N2O3S. The average molecular weight is 348 g/mol. The van der Waals surface area contributed by atoms with Crippen LogP contribution in [-0.4, -0.2) is 57.5 Å². The number of hydrogen-bond donors (Lipinski definition) is 0. The molecule has 0 atom stereocenters. The molecule has 0 saturated carbocycles. The van der Waals surface area contributed by atoms with Gasteiger partial charge in [0.2, 0.25) is 10.0 Å². The number of piperazine rings is 1. The van der Waals surface area contributed by atoms with Crippen molar-refractivity contribution in [3.63, 3.8) is 0 Å². The van der Waals surface area contributed by atoms with Gasteiger partial charge in [-0.05, 0) is 48.5 Å². The van der Waals surface area contributed by atoms with Gasteiger partial charge in [-0.15, -0.1) is 0 Å². The molecule has 0 spiro atoms. The molecule has 2 aromatic carbocycles. The van der Waals surface area contributed by atoms with E-state index in [2.05, 4.69) is 11.8 Å². The molecule has 0 bridgehead atoms. The Morgan fingerprint density at radius 1 is 1.00 bits per heavy atom. The van der Waals surface area contributed by atoms with E-state index in [1.165, 1.54) is 0 Å². The molecule has 5 nitrogen and oxygen atoms in total. The number of hydrogen-bond acceptors (Lipinski definition) is 4. The van der Waals surface area contributed by atoms with Crippen LogP contribution in [0.5, 0.6) is 5.75 Å². The molecule has 0 amide bonds. The number of likely N-dealkylation sites (N-methyl/N-ethyl adjacent to an activating group) is 1. The molecule has 0 N–H and O–H groups in total. The van der Waals surface area contributed by atoms with Crippen LogP contribution in [0.15, 0.2) is 41.3 Å². The van der Waals surface area contributed by atoms with Crippen molar-refractivity contribution in [1.82, 2.24) is 9.21 Å². The van der Waals surface area contributed by atoms with E-state index < -0.39 is 10.0 Å². The lowest BCUT2D eigenvalue weighted by Gasteiger charge is -2.31. The Kier molecular flexibility index (Phi) is 5.08. The first-order valence-electron chi connectivity index (χ1n) is 8.36. The molecule has 1 fully saturated rings. The molecule has 1 heterocycles. The minimum absolute atomic E-state index is 0.363. The number of nitrogens with zero attached hydrogens (tertiary/aromatic N) is 2. The second-order valence-corrected chi connectivity index (χ2v) is 8.16. The molecule has 3 rings (SSSR count). The first kappa shape index (κ1) is 17.2. The van der Waals surface area contributed by atoms with Crippen molar-refractivity contribution in [1.29, 1.82) is 0 Å². The fraction of sp³-hybridized carbons (Fsp3) is 0.444. The lowest BCUT2D eigenvalue weighted by molar-refractivity contribution is 0.222. The lowest BCUT2D eigenvalue weighted by atomic mass is 10.1. The second-order valence-electron chi connectivity index (χ2n) is 6.23. The van der Waals surface area contributed by atoms with E-state index >= 15 is 0 Å². The van der Waals surface area contributed by atoms with Gasteiger partial charge in [0.05, 0.1) is 11.5 Å². The SMILES string of the molecule is CCCOc1ccc2cc(S(=O)(=O)N3CCN(C)CC3)ccc2c1. The van der Waals surface area contributed by atoms with E-state index in [1.807, 2.05) is 31.3 Å². The van der Waals surface area contributed by atoms with E-state index in [9.17, 15) is 8.42 Å². The minimum atomic E-state index is -3.43. The van der Waals surface area contributed by atoms with Gasteiger partial charge in [-0.2, -0.15) is 4.31 Å². The summed E-state index contributed by atoms with van der Waals surface area (Å²) in [7, 11) is -1.41. The normalized spacial score (nSPS) is 17.2. The molecule has 0 aromatic heterocycles. The van der Waals surface area contributed by atoms with Gasteiger partial charge in [0, 0.05) is 26.2 Å². The van der Waals surface area contributed by atoms with Gasteiger partial charge in [-0.3, -0.25) is 0 Å². The average Bonchev–Trinajstić information content (AvgIpc) is 2.59. The zero-order valence-electron chi connectivity index (χ0n) is 14.2. The van der Waals surface area contributed by atoms with Gasteiger partial charge in [0.1, 0.15) is 5.75 Å². The molecule has 0 unspecified atom stereocenters. The molecule has 6 heteroatoms. The maximum Gasteiger partial charge on any atom is 0.243 e. The van der Waals surface area contributed by atoms with Gasteiger partial charge >= 0.3 is 0 Å². The molecule has 24 heavy (non-hydrogen) atoms. The van der Waals surface area contributed by atoms with Crippen molar-refractivity contribution in [2.45, 2.75) is 18.2 Å². The summed E-state index contributed by atoms with van der Waals surface area (Å²) in [6.45, 7) is 5.37. The predicted molar refractivity (Wildman–Crippen MR) is 96.0 cm³/mol. The highest BCUT2D eigenvalue weighted by atomic mass is 32.2. The summed E-state index contributed by atoms with van der Waals surface area (Å²) < 4.78 is 32.9. The maximum atomic E-state index is 12.8. The zero-order chi connectivity index (χ0) is 17.2. The standard InChI is InChI=1S/C18H24N2O3S/c1-3-12-23-17-6-4-16-14-18(7-5-15(16)13-17)24(21,22)20-10-8-19(2)9-11-20/h4-7,13-14H,3,8-12H2,1-2H3. The van der Waals surface area contributed by atoms with Gasteiger partial charge in [-0.25, -0.2) is 8.42 Å². The fourth-order valence-electron chi connectivity index (χ4n) is 2.85. The summed E-state index contributed by atoms with van der Waals surface area (Å²) in [4.78, 5) is 2.51. The first-order valence-corrected chi connectivity index (χ1v) is 9.80. The third-order valence-corrected chi connectivity index (χ3v) is 6.25. The Bertz CT molecular complexity index is 812. The van der Waals surface area contributed by atoms with Crippen molar-refractivity contribution in [3.05, 3.63) is 36.4 Å². The quantitative estimate of drug-likeness (QED) is 0.833. The van der Waals surface area contributed by atoms with E-state index in [4.69, 9.17) is 4.74 Å². The van der Waals surface area contributed by atoms with Crippen molar-refractivity contribution in [2.24, 2.45) is 0 Å². The molecule has 2 aromatic rings. The van der Waals surface area contributed by atoms with Crippen LogP contribution in [0.4, 0.5) is 0 Å². The van der Waals surface area contributed by atoms with Crippen LogP contribution in [0.2, 0.25) is 0 Å². The van der Waals surface area contributed by atoms with Crippen molar-refractivity contribution < 1.29 is 13.2 Å². The molecular weight excluding hydrogens is 324 g/mol. The van der Waals surface area contributed by atoms with E-state index in [0.29, 0.717) is 24.6 Å². The van der Waals surface area contributed by atoms with Crippen LogP contribution >= 0.6 is 0 Å². The van der Waals surface area contributed by atoms with E-state index in [0.717, 1.165) is 36.0 Å². The summed E-state index contributed by atoms with van der Waals surface area (Å²) in [5.41, 5.74) is 0. The molecule has 0 aliphatic carbocycles. The molecule has 130 valence electrons. The summed E-state index contributed by atoms with van der Waals surface area (Å²) >= 11 is 0. The third kappa shape index (κ3) is 3.55.